The first kappa shape index (κ1) is 11.3. The zero-order valence-corrected chi connectivity index (χ0v) is 10.8. The smallest absolute Gasteiger partial charge is 0.134 e. The normalized spacial score (nSPS) is 14.8. The Morgan fingerprint density at radius 3 is 2.83 bits per heavy atom. The molecule has 0 bridgehead atoms. The number of anilines is 1. The van der Waals surface area contributed by atoms with E-state index in [2.05, 4.69) is 35.2 Å². The van der Waals surface area contributed by atoms with Crippen LogP contribution < -0.4 is 5.32 Å². The lowest BCUT2D eigenvalue weighted by Crippen LogP contribution is -2.07. The summed E-state index contributed by atoms with van der Waals surface area (Å²) >= 11 is 0. The Balaban J connectivity index is 2.10. The standard InChI is InChI=1S/C14H18N4/c1-3-15-13-9(2)12(11-5-4-8-16-11)17-14(18-13)10-6-7-10/h4-5,8,10,16H,3,6-7H2,1-2H3,(H,15,17,18). The van der Waals surface area contributed by atoms with E-state index >= 15 is 0 Å². The molecule has 0 aliphatic heterocycles. The number of H-pyrrole nitrogens is 1. The molecule has 1 aliphatic rings. The molecule has 18 heavy (non-hydrogen) atoms. The predicted octanol–water partition coefficient (Wildman–Crippen LogP) is 3.09. The van der Waals surface area contributed by atoms with Gasteiger partial charge in [-0.15, -0.1) is 0 Å². The minimum absolute atomic E-state index is 0.566. The summed E-state index contributed by atoms with van der Waals surface area (Å²) in [5, 5.41) is 3.34. The van der Waals surface area contributed by atoms with Crippen molar-refractivity contribution >= 4 is 5.82 Å². The third-order valence-corrected chi connectivity index (χ3v) is 3.30. The van der Waals surface area contributed by atoms with Crippen LogP contribution in [0.2, 0.25) is 0 Å². The maximum absolute atomic E-state index is 4.74. The molecule has 0 spiro atoms. The van der Waals surface area contributed by atoms with Crippen LogP contribution in [0.3, 0.4) is 0 Å². The largest absolute Gasteiger partial charge is 0.370 e. The maximum atomic E-state index is 4.74. The Morgan fingerprint density at radius 1 is 1.39 bits per heavy atom. The van der Waals surface area contributed by atoms with E-state index in [1.807, 2.05) is 12.3 Å². The van der Waals surface area contributed by atoms with Gasteiger partial charge >= 0.3 is 0 Å². The number of hydrogen-bond acceptors (Lipinski definition) is 3. The van der Waals surface area contributed by atoms with Crippen molar-refractivity contribution in [2.45, 2.75) is 32.6 Å². The van der Waals surface area contributed by atoms with Gasteiger partial charge in [0.2, 0.25) is 0 Å². The van der Waals surface area contributed by atoms with Gasteiger partial charge in [0.15, 0.2) is 0 Å². The molecular weight excluding hydrogens is 224 g/mol. The van der Waals surface area contributed by atoms with Crippen LogP contribution in [0.1, 0.15) is 37.1 Å². The number of nitrogens with zero attached hydrogens (tertiary/aromatic N) is 2. The van der Waals surface area contributed by atoms with Gasteiger partial charge in [-0.2, -0.15) is 0 Å². The molecule has 0 atom stereocenters. The predicted molar refractivity (Wildman–Crippen MR) is 72.7 cm³/mol. The first-order chi connectivity index (χ1) is 8.79. The SMILES string of the molecule is CCNc1nc(C2CC2)nc(-c2ccc[nH]2)c1C. The first-order valence-corrected chi connectivity index (χ1v) is 6.55. The van der Waals surface area contributed by atoms with Crippen LogP contribution in [0.15, 0.2) is 18.3 Å². The molecule has 3 rings (SSSR count). The first-order valence-electron chi connectivity index (χ1n) is 6.55. The number of aromatic nitrogens is 3. The summed E-state index contributed by atoms with van der Waals surface area (Å²) < 4.78 is 0. The van der Waals surface area contributed by atoms with E-state index in [1.54, 1.807) is 0 Å². The fraction of sp³-hybridized carbons (Fsp3) is 0.429. The van der Waals surface area contributed by atoms with Gasteiger partial charge in [0.05, 0.1) is 11.4 Å². The zero-order chi connectivity index (χ0) is 12.5. The highest BCUT2D eigenvalue weighted by Gasteiger charge is 2.28. The second-order valence-electron chi connectivity index (χ2n) is 4.79. The van der Waals surface area contributed by atoms with Crippen molar-refractivity contribution < 1.29 is 0 Å². The van der Waals surface area contributed by atoms with Crippen LogP contribution in [0.25, 0.3) is 11.4 Å². The van der Waals surface area contributed by atoms with E-state index in [-0.39, 0.29) is 0 Å². The molecule has 94 valence electrons. The molecule has 0 aromatic carbocycles. The number of rotatable bonds is 4. The lowest BCUT2D eigenvalue weighted by molar-refractivity contribution is 0.916. The molecule has 0 unspecified atom stereocenters. The van der Waals surface area contributed by atoms with Crippen LogP contribution in [0.4, 0.5) is 5.82 Å². The number of nitrogens with one attached hydrogen (secondary N) is 2. The van der Waals surface area contributed by atoms with Gasteiger partial charge in [-0.1, -0.05) is 0 Å². The molecule has 2 heterocycles. The van der Waals surface area contributed by atoms with Gasteiger partial charge in [0.25, 0.3) is 0 Å². The van der Waals surface area contributed by atoms with Crippen LogP contribution in [0.5, 0.6) is 0 Å². The van der Waals surface area contributed by atoms with E-state index in [0.717, 1.165) is 35.1 Å². The summed E-state index contributed by atoms with van der Waals surface area (Å²) in [6, 6.07) is 4.06. The molecule has 0 amide bonds. The molecule has 2 N–H and O–H groups in total. The highest BCUT2D eigenvalue weighted by Crippen LogP contribution is 2.39. The molecule has 0 saturated heterocycles. The molecule has 1 aliphatic carbocycles. The second-order valence-corrected chi connectivity index (χ2v) is 4.79. The Labute approximate surface area is 107 Å². The fourth-order valence-corrected chi connectivity index (χ4v) is 2.14. The minimum atomic E-state index is 0.566. The van der Waals surface area contributed by atoms with E-state index in [0.29, 0.717) is 5.92 Å². The number of hydrogen-bond donors (Lipinski definition) is 2. The maximum Gasteiger partial charge on any atom is 0.134 e. The highest BCUT2D eigenvalue weighted by atomic mass is 15.0. The van der Waals surface area contributed by atoms with Crippen LogP contribution >= 0.6 is 0 Å². The van der Waals surface area contributed by atoms with Crippen molar-refractivity contribution in [3.05, 3.63) is 29.7 Å². The van der Waals surface area contributed by atoms with Crippen molar-refractivity contribution in [2.24, 2.45) is 0 Å². The van der Waals surface area contributed by atoms with Crippen molar-refractivity contribution in [1.29, 1.82) is 0 Å². The minimum Gasteiger partial charge on any atom is -0.370 e. The fourth-order valence-electron chi connectivity index (χ4n) is 2.14. The van der Waals surface area contributed by atoms with E-state index in [1.165, 1.54) is 12.8 Å². The quantitative estimate of drug-likeness (QED) is 0.866. The van der Waals surface area contributed by atoms with E-state index in [9.17, 15) is 0 Å². The monoisotopic (exact) mass is 242 g/mol. The van der Waals surface area contributed by atoms with Gasteiger partial charge in [-0.05, 0) is 38.8 Å². The Hall–Kier alpha value is -1.84. The molecule has 4 heteroatoms. The lowest BCUT2D eigenvalue weighted by Gasteiger charge is -2.12. The number of aromatic amines is 1. The lowest BCUT2D eigenvalue weighted by atomic mass is 10.1. The van der Waals surface area contributed by atoms with E-state index < -0.39 is 0 Å². The zero-order valence-electron chi connectivity index (χ0n) is 10.8. The molecular formula is C14H18N4. The second kappa shape index (κ2) is 4.44. The average molecular weight is 242 g/mol. The van der Waals surface area contributed by atoms with Crippen LogP contribution in [-0.2, 0) is 0 Å². The van der Waals surface area contributed by atoms with Gasteiger partial charge in [-0.25, -0.2) is 9.97 Å². The highest BCUT2D eigenvalue weighted by molar-refractivity contribution is 5.65. The molecule has 1 fully saturated rings. The molecule has 2 aromatic rings. The summed E-state index contributed by atoms with van der Waals surface area (Å²) in [7, 11) is 0. The van der Waals surface area contributed by atoms with Gasteiger partial charge in [0, 0.05) is 24.2 Å². The summed E-state index contributed by atoms with van der Waals surface area (Å²) in [4.78, 5) is 12.6. The third-order valence-electron chi connectivity index (χ3n) is 3.30. The van der Waals surface area contributed by atoms with Crippen molar-refractivity contribution in [2.75, 3.05) is 11.9 Å². The van der Waals surface area contributed by atoms with Gasteiger partial charge < -0.3 is 10.3 Å². The molecule has 1 saturated carbocycles. The van der Waals surface area contributed by atoms with Crippen LogP contribution in [0, 0.1) is 6.92 Å². The van der Waals surface area contributed by atoms with E-state index in [4.69, 9.17) is 4.98 Å². The Bertz CT molecular complexity index is 541. The molecule has 0 radical (unpaired) electrons. The summed E-state index contributed by atoms with van der Waals surface area (Å²) in [6.07, 6.45) is 4.37. The Kier molecular flexibility index (Phi) is 2.78. The summed E-state index contributed by atoms with van der Waals surface area (Å²) in [5.41, 5.74) is 3.20. The van der Waals surface area contributed by atoms with Gasteiger partial charge in [-0.3, -0.25) is 0 Å². The summed E-state index contributed by atoms with van der Waals surface area (Å²) in [5.74, 6) is 2.52. The van der Waals surface area contributed by atoms with Crippen LogP contribution in [-0.4, -0.2) is 21.5 Å². The van der Waals surface area contributed by atoms with Crippen molar-refractivity contribution in [1.82, 2.24) is 15.0 Å². The molecule has 4 nitrogen and oxygen atoms in total. The van der Waals surface area contributed by atoms with Gasteiger partial charge in [0.1, 0.15) is 11.6 Å². The average Bonchev–Trinajstić information content (AvgIpc) is 3.08. The molecule has 2 aromatic heterocycles. The Morgan fingerprint density at radius 2 is 2.22 bits per heavy atom. The summed E-state index contributed by atoms with van der Waals surface area (Å²) in [6.45, 7) is 5.05. The topological polar surface area (TPSA) is 53.6 Å². The third kappa shape index (κ3) is 1.98. The van der Waals surface area contributed by atoms with Crippen molar-refractivity contribution in [3.63, 3.8) is 0 Å². The van der Waals surface area contributed by atoms with Crippen molar-refractivity contribution in [3.8, 4) is 11.4 Å².